The third kappa shape index (κ3) is 5.62. The van der Waals surface area contributed by atoms with E-state index in [0.29, 0.717) is 15.9 Å². The Hall–Kier alpha value is -1.77. The van der Waals surface area contributed by atoms with Crippen LogP contribution >= 0.6 is 34.7 Å². The number of primary amides is 1. The molecule has 0 saturated carbocycles. The molecule has 2 rings (SSSR count). The molecule has 0 aliphatic rings. The van der Waals surface area contributed by atoms with E-state index in [9.17, 15) is 9.59 Å². The number of rotatable bonds is 7. The Balaban J connectivity index is 1.97. The van der Waals surface area contributed by atoms with Gasteiger partial charge in [0, 0.05) is 5.02 Å². The molecule has 25 heavy (non-hydrogen) atoms. The van der Waals surface area contributed by atoms with Crippen molar-refractivity contribution in [3.63, 3.8) is 0 Å². The van der Waals surface area contributed by atoms with E-state index in [1.54, 1.807) is 25.1 Å². The first-order valence-electron chi connectivity index (χ1n) is 7.38. The maximum absolute atomic E-state index is 12.3. The molecule has 1 aromatic carbocycles. The molecule has 0 fully saturated rings. The summed E-state index contributed by atoms with van der Waals surface area (Å²) in [6.45, 7) is 5.33. The minimum Gasteiger partial charge on any atom is -0.481 e. The van der Waals surface area contributed by atoms with E-state index < -0.39 is 12.0 Å². The highest BCUT2D eigenvalue weighted by molar-refractivity contribution is 8.01. The van der Waals surface area contributed by atoms with Gasteiger partial charge in [-0.15, -0.1) is 11.8 Å². The number of benzene rings is 1. The van der Waals surface area contributed by atoms with Gasteiger partial charge in [-0.05, 0) is 44.5 Å². The molecule has 2 aromatic rings. The first kappa shape index (κ1) is 19.6. The van der Waals surface area contributed by atoms with E-state index >= 15 is 0 Å². The highest BCUT2D eigenvalue weighted by Gasteiger charge is 2.18. The molecule has 1 heterocycles. The molecule has 2 amide bonds. The molecule has 0 saturated heterocycles. The number of amides is 2. The van der Waals surface area contributed by atoms with Crippen LogP contribution in [0.1, 0.15) is 18.2 Å². The Morgan fingerprint density at radius 3 is 2.80 bits per heavy atom. The molecule has 0 spiro atoms. The van der Waals surface area contributed by atoms with Crippen LogP contribution in [-0.2, 0) is 9.59 Å². The predicted molar refractivity (Wildman–Crippen MR) is 102 cm³/mol. The van der Waals surface area contributed by atoms with Crippen LogP contribution < -0.4 is 15.8 Å². The summed E-state index contributed by atoms with van der Waals surface area (Å²) in [5.41, 5.74) is 6.76. The third-order valence-electron chi connectivity index (χ3n) is 3.14. The van der Waals surface area contributed by atoms with Gasteiger partial charge in [0.25, 0.3) is 5.91 Å². The lowest BCUT2D eigenvalue weighted by Gasteiger charge is -2.14. The van der Waals surface area contributed by atoms with Gasteiger partial charge in [0.2, 0.25) is 5.91 Å². The van der Waals surface area contributed by atoms with Crippen molar-refractivity contribution < 1.29 is 14.3 Å². The van der Waals surface area contributed by atoms with Crippen molar-refractivity contribution in [1.29, 1.82) is 0 Å². The first-order chi connectivity index (χ1) is 11.8. The molecular weight excluding hydrogens is 382 g/mol. The molecule has 1 atom stereocenters. The second-order valence-electron chi connectivity index (χ2n) is 5.31. The minimum absolute atomic E-state index is 0.172. The van der Waals surface area contributed by atoms with Gasteiger partial charge >= 0.3 is 0 Å². The van der Waals surface area contributed by atoms with Crippen molar-refractivity contribution in [3.8, 4) is 5.75 Å². The quantitative estimate of drug-likeness (QED) is 0.696. The van der Waals surface area contributed by atoms with E-state index in [2.05, 4.69) is 10.3 Å². The van der Waals surface area contributed by atoms with Gasteiger partial charge in [0.1, 0.15) is 5.75 Å². The fourth-order valence-electron chi connectivity index (χ4n) is 1.86. The Kier molecular flexibility index (Phi) is 6.69. The number of carbonyl (C=O) groups excluding carboxylic acids is 2. The number of nitrogens with one attached hydrogen (secondary N) is 1. The van der Waals surface area contributed by atoms with Crippen molar-refractivity contribution >= 4 is 51.6 Å². The Labute approximate surface area is 159 Å². The van der Waals surface area contributed by atoms with Crippen LogP contribution in [0.5, 0.6) is 5.75 Å². The molecule has 1 unspecified atom stereocenters. The van der Waals surface area contributed by atoms with Gasteiger partial charge in [-0.3, -0.25) is 14.9 Å². The van der Waals surface area contributed by atoms with Crippen LogP contribution in [0.15, 0.2) is 22.4 Å². The highest BCUT2D eigenvalue weighted by atomic mass is 35.5. The van der Waals surface area contributed by atoms with E-state index in [1.807, 2.05) is 13.8 Å². The number of aromatic nitrogens is 1. The van der Waals surface area contributed by atoms with E-state index in [1.165, 1.54) is 23.1 Å². The maximum Gasteiger partial charge on any atom is 0.266 e. The van der Waals surface area contributed by atoms with Crippen molar-refractivity contribution in [2.75, 3.05) is 11.1 Å². The molecule has 1 aromatic heterocycles. The van der Waals surface area contributed by atoms with Gasteiger partial charge in [-0.1, -0.05) is 22.9 Å². The van der Waals surface area contributed by atoms with E-state index in [-0.39, 0.29) is 11.7 Å². The fraction of sp³-hybridized carbons (Fsp3) is 0.312. The first-order valence-corrected chi connectivity index (χ1v) is 9.56. The van der Waals surface area contributed by atoms with E-state index in [0.717, 1.165) is 15.5 Å². The molecule has 0 aliphatic carbocycles. The molecule has 134 valence electrons. The number of thiazole rings is 1. The zero-order valence-electron chi connectivity index (χ0n) is 14.0. The van der Waals surface area contributed by atoms with Crippen molar-refractivity contribution in [2.24, 2.45) is 5.73 Å². The van der Waals surface area contributed by atoms with Gasteiger partial charge in [0.05, 0.1) is 15.7 Å². The summed E-state index contributed by atoms with van der Waals surface area (Å²) in [6, 6.07) is 5.22. The lowest BCUT2D eigenvalue weighted by Crippen LogP contribution is -2.30. The largest absolute Gasteiger partial charge is 0.481 e. The van der Waals surface area contributed by atoms with Crippen molar-refractivity contribution in [1.82, 2.24) is 4.98 Å². The van der Waals surface area contributed by atoms with Crippen LogP contribution in [-0.4, -0.2) is 28.7 Å². The summed E-state index contributed by atoms with van der Waals surface area (Å²) in [5, 5.41) is 3.82. The van der Waals surface area contributed by atoms with Gasteiger partial charge in [-0.25, -0.2) is 4.98 Å². The summed E-state index contributed by atoms with van der Waals surface area (Å²) in [7, 11) is 0. The van der Waals surface area contributed by atoms with Gasteiger partial charge in [-0.2, -0.15) is 0 Å². The molecule has 0 aliphatic heterocycles. The second-order valence-corrected chi connectivity index (χ2v) is 7.96. The predicted octanol–water partition coefficient (Wildman–Crippen LogP) is 3.40. The zero-order valence-corrected chi connectivity index (χ0v) is 16.3. The zero-order chi connectivity index (χ0) is 18.6. The Morgan fingerprint density at radius 2 is 2.16 bits per heavy atom. The number of nitrogens with two attached hydrogens (primary N) is 1. The number of hydrogen-bond acceptors (Lipinski definition) is 6. The summed E-state index contributed by atoms with van der Waals surface area (Å²) in [5.74, 6) is 0.0281. The monoisotopic (exact) mass is 399 g/mol. The van der Waals surface area contributed by atoms with Crippen molar-refractivity contribution in [3.05, 3.63) is 34.5 Å². The lowest BCUT2D eigenvalue weighted by atomic mass is 10.2. The van der Waals surface area contributed by atoms with Crippen LogP contribution in [0.2, 0.25) is 5.02 Å². The molecule has 6 nitrogen and oxygen atoms in total. The Morgan fingerprint density at radius 1 is 1.44 bits per heavy atom. The second kappa shape index (κ2) is 8.55. The SMILES string of the molecule is Cc1cc(OC(C)C(=O)Nc2nc(C)c(SCC(N)=O)s2)ccc1Cl. The topological polar surface area (TPSA) is 94.3 Å². The number of ether oxygens (including phenoxy) is 1. The minimum atomic E-state index is -0.702. The molecular formula is C16H18ClN3O3S2. The standard InChI is InChI=1S/C16H18ClN3O3S2/c1-8-6-11(4-5-12(8)17)23-10(3)14(22)20-16-19-9(2)15(25-16)24-7-13(18)21/h4-6,10H,7H2,1-3H3,(H2,18,21)(H,19,20,22). The average Bonchev–Trinajstić information content (AvgIpc) is 2.88. The lowest BCUT2D eigenvalue weighted by molar-refractivity contribution is -0.122. The van der Waals surface area contributed by atoms with E-state index in [4.69, 9.17) is 22.1 Å². The highest BCUT2D eigenvalue weighted by Crippen LogP contribution is 2.32. The molecule has 3 N–H and O–H groups in total. The van der Waals surface area contributed by atoms with Crippen LogP contribution in [0.25, 0.3) is 0 Å². The van der Waals surface area contributed by atoms with Crippen LogP contribution in [0.4, 0.5) is 5.13 Å². The maximum atomic E-state index is 12.3. The van der Waals surface area contributed by atoms with Gasteiger partial charge < -0.3 is 10.5 Å². The number of carbonyl (C=O) groups is 2. The van der Waals surface area contributed by atoms with Crippen molar-refractivity contribution in [2.45, 2.75) is 31.1 Å². The van der Waals surface area contributed by atoms with Gasteiger partial charge in [0.15, 0.2) is 11.2 Å². The number of nitrogens with zero attached hydrogens (tertiary/aromatic N) is 1. The summed E-state index contributed by atoms with van der Waals surface area (Å²) >= 11 is 8.58. The smallest absolute Gasteiger partial charge is 0.266 e. The third-order valence-corrected chi connectivity index (χ3v) is 6.02. The summed E-state index contributed by atoms with van der Waals surface area (Å²) in [4.78, 5) is 27.4. The summed E-state index contributed by atoms with van der Waals surface area (Å²) < 4.78 is 6.48. The number of halogens is 1. The molecule has 9 heteroatoms. The van der Waals surface area contributed by atoms with Crippen LogP contribution in [0, 0.1) is 13.8 Å². The molecule has 0 bridgehead atoms. The number of anilines is 1. The van der Waals surface area contributed by atoms with Crippen LogP contribution in [0.3, 0.4) is 0 Å². The fourth-order valence-corrected chi connectivity index (χ4v) is 3.86. The Bertz CT molecular complexity index is 795. The number of thioether (sulfide) groups is 1. The molecule has 0 radical (unpaired) electrons. The summed E-state index contributed by atoms with van der Waals surface area (Å²) in [6.07, 6.45) is -0.702. The number of aryl methyl sites for hydroxylation is 2. The normalized spacial score (nSPS) is 11.8. The number of hydrogen-bond donors (Lipinski definition) is 2. The average molecular weight is 400 g/mol.